The van der Waals surface area contributed by atoms with E-state index in [0.29, 0.717) is 0 Å². The second kappa shape index (κ2) is 15.0. The number of allylic oxidation sites excluding steroid dienone is 4. The van der Waals surface area contributed by atoms with Gasteiger partial charge in [-0.1, -0.05) is 218 Å². The quantitative estimate of drug-likeness (QED) is 0.148. The molecule has 3 aliphatic carbocycles. The van der Waals surface area contributed by atoms with E-state index in [-0.39, 0.29) is 5.92 Å². The Kier molecular flexibility index (Phi) is 8.83. The molecule has 63 heavy (non-hydrogen) atoms. The molecule has 3 aliphatic rings. The summed E-state index contributed by atoms with van der Waals surface area (Å²) in [5.74, 6) is 0.159. The van der Waals surface area contributed by atoms with Crippen LogP contribution in [0.2, 0.25) is 0 Å². The summed E-state index contributed by atoms with van der Waals surface area (Å²) in [5.41, 5.74) is 19.3. The molecule has 0 bridgehead atoms. The normalized spacial score (nSPS) is 18.9. The standard InChI is InChI=1S/C62H45N/c1-5-19-44(20-6-1)46-35-39-51(40-36-46)63(52-41-37-47(38-42-52)45-21-7-2-8-22-45)53-28-17-27-50(43-53)61(48-23-9-3-10-24-48)57-32-15-16-33-58(57)62(49-25-11-4-12-26-49)56-31-14-13-29-54(56)55-30-18-34-59(61)60(55)62/h1-23,25-43,48H,24H2. The van der Waals surface area contributed by atoms with Crippen LogP contribution in [0.3, 0.4) is 0 Å². The van der Waals surface area contributed by atoms with Crippen LogP contribution in [0.25, 0.3) is 33.4 Å². The molecule has 0 N–H and O–H groups in total. The number of anilines is 3. The van der Waals surface area contributed by atoms with Crippen LogP contribution in [0.5, 0.6) is 0 Å². The number of hydrogen-bond acceptors (Lipinski definition) is 1. The molecule has 1 nitrogen and oxygen atoms in total. The average Bonchev–Trinajstić information content (AvgIpc) is 3.68. The van der Waals surface area contributed by atoms with Crippen molar-refractivity contribution in [2.75, 3.05) is 4.90 Å². The van der Waals surface area contributed by atoms with Gasteiger partial charge in [0.05, 0.1) is 10.8 Å². The molecule has 0 spiro atoms. The third kappa shape index (κ3) is 5.63. The van der Waals surface area contributed by atoms with Crippen LogP contribution in [0.4, 0.5) is 17.1 Å². The molecular weight excluding hydrogens is 759 g/mol. The van der Waals surface area contributed by atoms with Crippen molar-refractivity contribution in [3.8, 4) is 33.4 Å². The Morgan fingerprint density at radius 2 is 0.873 bits per heavy atom. The molecule has 0 heterocycles. The fourth-order valence-electron chi connectivity index (χ4n) is 11.4. The second-order valence-electron chi connectivity index (χ2n) is 17.1. The second-order valence-corrected chi connectivity index (χ2v) is 17.1. The van der Waals surface area contributed by atoms with Crippen LogP contribution in [0.1, 0.15) is 45.4 Å². The number of hydrogen-bond donors (Lipinski definition) is 0. The zero-order chi connectivity index (χ0) is 41.8. The van der Waals surface area contributed by atoms with Crippen molar-refractivity contribution >= 4 is 17.1 Å². The van der Waals surface area contributed by atoms with E-state index in [1.807, 2.05) is 0 Å². The van der Waals surface area contributed by atoms with E-state index >= 15 is 0 Å². The molecular formula is C62H45N. The molecule has 3 unspecified atom stereocenters. The van der Waals surface area contributed by atoms with Gasteiger partial charge in [0, 0.05) is 17.1 Å². The van der Waals surface area contributed by atoms with E-state index in [2.05, 4.69) is 260 Å². The molecule has 0 fully saturated rings. The minimum atomic E-state index is -0.514. The lowest BCUT2D eigenvalue weighted by Crippen LogP contribution is -2.47. The Balaban J connectivity index is 1.11. The molecule has 1 heteroatoms. The Labute approximate surface area is 370 Å². The van der Waals surface area contributed by atoms with Crippen LogP contribution in [0, 0.1) is 5.92 Å². The minimum Gasteiger partial charge on any atom is -0.310 e. The lowest BCUT2D eigenvalue weighted by Gasteiger charge is -2.52. The SMILES string of the molecule is C1=CCC(C2(c3cccc(N(c4ccc(-c5ccccc5)cc4)c4ccc(-c5ccccc5)cc4)c3)c3ccccc3C3(c4ccccc4)c4ccccc4-c4cccc2c43)C=C1. The van der Waals surface area contributed by atoms with Crippen LogP contribution < -0.4 is 4.90 Å². The molecule has 298 valence electrons. The van der Waals surface area contributed by atoms with Gasteiger partial charge in [0.1, 0.15) is 0 Å². The van der Waals surface area contributed by atoms with E-state index < -0.39 is 10.8 Å². The number of benzene rings is 9. The highest BCUT2D eigenvalue weighted by molar-refractivity contribution is 5.91. The van der Waals surface area contributed by atoms with E-state index in [4.69, 9.17) is 0 Å². The Bertz CT molecular complexity index is 3100. The smallest absolute Gasteiger partial charge is 0.0719 e. The molecule has 0 amide bonds. The Morgan fingerprint density at radius 1 is 0.365 bits per heavy atom. The zero-order valence-electron chi connectivity index (χ0n) is 35.0. The van der Waals surface area contributed by atoms with Gasteiger partial charge in [-0.15, -0.1) is 0 Å². The van der Waals surface area contributed by atoms with Gasteiger partial charge in [-0.05, 0) is 121 Å². The molecule has 0 aliphatic heterocycles. The summed E-state index contributed by atoms with van der Waals surface area (Å²) in [6, 6.07) is 85.9. The first kappa shape index (κ1) is 37.1. The third-order valence-electron chi connectivity index (χ3n) is 14.0. The van der Waals surface area contributed by atoms with Crippen molar-refractivity contribution in [1.29, 1.82) is 0 Å². The molecule has 12 rings (SSSR count). The molecule has 9 aromatic carbocycles. The lowest BCUT2D eigenvalue weighted by molar-refractivity contribution is 0.424. The molecule has 0 saturated carbocycles. The third-order valence-corrected chi connectivity index (χ3v) is 14.0. The molecule has 0 radical (unpaired) electrons. The summed E-state index contributed by atoms with van der Waals surface area (Å²) in [7, 11) is 0. The van der Waals surface area contributed by atoms with Gasteiger partial charge >= 0.3 is 0 Å². The Morgan fingerprint density at radius 3 is 1.51 bits per heavy atom. The van der Waals surface area contributed by atoms with Crippen LogP contribution in [0.15, 0.2) is 255 Å². The summed E-state index contributed by atoms with van der Waals surface area (Å²) in [6.45, 7) is 0. The van der Waals surface area contributed by atoms with Crippen LogP contribution in [-0.4, -0.2) is 0 Å². The van der Waals surface area contributed by atoms with Gasteiger partial charge in [-0.2, -0.15) is 0 Å². The largest absolute Gasteiger partial charge is 0.310 e. The molecule has 0 aromatic heterocycles. The van der Waals surface area contributed by atoms with Crippen molar-refractivity contribution in [1.82, 2.24) is 0 Å². The topological polar surface area (TPSA) is 3.24 Å². The first-order chi connectivity index (χ1) is 31.3. The van der Waals surface area contributed by atoms with Crippen molar-refractivity contribution in [2.24, 2.45) is 5.92 Å². The molecule has 3 atom stereocenters. The van der Waals surface area contributed by atoms with Crippen LogP contribution in [-0.2, 0) is 10.8 Å². The maximum Gasteiger partial charge on any atom is 0.0719 e. The highest BCUT2D eigenvalue weighted by Gasteiger charge is 2.58. The first-order valence-electron chi connectivity index (χ1n) is 22.2. The van der Waals surface area contributed by atoms with Gasteiger partial charge in [0.2, 0.25) is 0 Å². The summed E-state index contributed by atoms with van der Waals surface area (Å²) >= 11 is 0. The van der Waals surface area contributed by atoms with Gasteiger partial charge in [-0.25, -0.2) is 0 Å². The monoisotopic (exact) mass is 803 g/mol. The van der Waals surface area contributed by atoms with Crippen molar-refractivity contribution in [3.05, 3.63) is 294 Å². The van der Waals surface area contributed by atoms with E-state index in [0.717, 1.165) is 23.5 Å². The fourth-order valence-corrected chi connectivity index (χ4v) is 11.4. The van der Waals surface area contributed by atoms with Crippen molar-refractivity contribution < 1.29 is 0 Å². The van der Waals surface area contributed by atoms with E-state index in [9.17, 15) is 0 Å². The highest BCUT2D eigenvalue weighted by atomic mass is 15.1. The summed E-state index contributed by atoms with van der Waals surface area (Å²) in [5, 5.41) is 0. The van der Waals surface area contributed by atoms with E-state index in [1.165, 1.54) is 72.3 Å². The summed E-state index contributed by atoms with van der Waals surface area (Å²) in [4.78, 5) is 2.44. The lowest BCUT2D eigenvalue weighted by atomic mass is 9.49. The Hall–Kier alpha value is -7.74. The van der Waals surface area contributed by atoms with Gasteiger partial charge < -0.3 is 4.90 Å². The van der Waals surface area contributed by atoms with Crippen molar-refractivity contribution in [2.45, 2.75) is 17.3 Å². The number of rotatable bonds is 8. The van der Waals surface area contributed by atoms with Crippen LogP contribution >= 0.6 is 0 Å². The van der Waals surface area contributed by atoms with Gasteiger partial charge in [-0.3, -0.25) is 0 Å². The predicted octanol–water partition coefficient (Wildman–Crippen LogP) is 15.6. The minimum absolute atomic E-state index is 0.159. The fraction of sp³-hybridized carbons (Fsp3) is 0.0645. The van der Waals surface area contributed by atoms with Gasteiger partial charge in [0.25, 0.3) is 0 Å². The number of fused-ring (bicyclic) bond motifs is 5. The maximum atomic E-state index is 2.50. The van der Waals surface area contributed by atoms with E-state index in [1.54, 1.807) is 0 Å². The maximum absolute atomic E-state index is 2.50. The zero-order valence-corrected chi connectivity index (χ0v) is 35.0. The highest BCUT2D eigenvalue weighted by Crippen LogP contribution is 2.66. The average molecular weight is 804 g/mol. The molecule has 9 aromatic rings. The first-order valence-corrected chi connectivity index (χ1v) is 22.2. The van der Waals surface area contributed by atoms with Crippen molar-refractivity contribution in [3.63, 3.8) is 0 Å². The van der Waals surface area contributed by atoms with Gasteiger partial charge in [0.15, 0.2) is 0 Å². The summed E-state index contributed by atoms with van der Waals surface area (Å²) < 4.78 is 0. The predicted molar refractivity (Wildman–Crippen MR) is 262 cm³/mol. The molecule has 0 saturated heterocycles. The summed E-state index contributed by atoms with van der Waals surface area (Å²) in [6.07, 6.45) is 10.3. The number of nitrogens with zero attached hydrogens (tertiary/aromatic N) is 1.